The third-order valence-electron chi connectivity index (χ3n) is 4.54. The number of carbonyl (C=O) groups is 2. The first-order valence-electron chi connectivity index (χ1n) is 8.82. The molecular formula is C18H23N5O3. The average molecular weight is 357 g/mol. The van der Waals surface area contributed by atoms with Crippen LogP contribution in [0, 0.1) is 5.92 Å². The van der Waals surface area contributed by atoms with Crippen molar-refractivity contribution in [3.05, 3.63) is 47.8 Å². The third-order valence-corrected chi connectivity index (χ3v) is 4.54. The molecule has 8 nitrogen and oxygen atoms in total. The highest BCUT2D eigenvalue weighted by molar-refractivity contribution is 5.84. The Morgan fingerprint density at radius 3 is 2.81 bits per heavy atom. The molecule has 8 heteroatoms. The summed E-state index contributed by atoms with van der Waals surface area (Å²) in [5.74, 6) is -0.841. The van der Waals surface area contributed by atoms with Crippen molar-refractivity contribution in [3.63, 3.8) is 0 Å². The molecule has 1 unspecified atom stereocenters. The SMILES string of the molecule is O=C(O)c1cn(CC2CCCN(C(=O)NCCc3ccccc3)C2)nn1. The molecule has 2 heterocycles. The number of benzene rings is 1. The number of rotatable bonds is 6. The van der Waals surface area contributed by atoms with Crippen LogP contribution in [-0.4, -0.2) is 56.6 Å². The smallest absolute Gasteiger partial charge is 0.358 e. The topological polar surface area (TPSA) is 100 Å². The van der Waals surface area contributed by atoms with E-state index >= 15 is 0 Å². The van der Waals surface area contributed by atoms with Crippen molar-refractivity contribution in [3.8, 4) is 0 Å². The van der Waals surface area contributed by atoms with Gasteiger partial charge in [0, 0.05) is 26.2 Å². The standard InChI is InChI=1S/C18H23N5O3/c24-17(25)16-13-23(21-20-16)12-15-7-4-10-22(11-15)18(26)19-9-8-14-5-2-1-3-6-14/h1-3,5-6,13,15H,4,7-12H2,(H,19,26)(H,24,25). The Morgan fingerprint density at radius 2 is 2.08 bits per heavy atom. The number of nitrogens with zero attached hydrogens (tertiary/aromatic N) is 4. The van der Waals surface area contributed by atoms with Crippen molar-refractivity contribution in [2.75, 3.05) is 19.6 Å². The summed E-state index contributed by atoms with van der Waals surface area (Å²) in [6.07, 6.45) is 4.15. The van der Waals surface area contributed by atoms with Gasteiger partial charge in [0.15, 0.2) is 5.69 Å². The number of amides is 2. The summed E-state index contributed by atoms with van der Waals surface area (Å²) in [7, 11) is 0. The Labute approximate surface area is 151 Å². The Morgan fingerprint density at radius 1 is 1.27 bits per heavy atom. The van der Waals surface area contributed by atoms with Crippen LogP contribution in [0.15, 0.2) is 36.5 Å². The minimum atomic E-state index is -1.08. The van der Waals surface area contributed by atoms with Gasteiger partial charge in [0.05, 0.1) is 6.20 Å². The monoisotopic (exact) mass is 357 g/mol. The fourth-order valence-corrected chi connectivity index (χ4v) is 3.22. The third kappa shape index (κ3) is 4.81. The predicted molar refractivity (Wildman–Crippen MR) is 94.8 cm³/mol. The van der Waals surface area contributed by atoms with E-state index in [9.17, 15) is 9.59 Å². The molecule has 0 radical (unpaired) electrons. The van der Waals surface area contributed by atoms with Crippen molar-refractivity contribution < 1.29 is 14.7 Å². The van der Waals surface area contributed by atoms with E-state index in [0.717, 1.165) is 25.8 Å². The molecule has 1 aromatic carbocycles. The van der Waals surface area contributed by atoms with Crippen molar-refractivity contribution >= 4 is 12.0 Å². The molecule has 2 N–H and O–H groups in total. The van der Waals surface area contributed by atoms with Gasteiger partial charge in [-0.15, -0.1) is 5.10 Å². The van der Waals surface area contributed by atoms with Gasteiger partial charge in [-0.25, -0.2) is 9.59 Å². The fourth-order valence-electron chi connectivity index (χ4n) is 3.22. The molecule has 1 fully saturated rings. The van der Waals surface area contributed by atoms with E-state index in [1.807, 2.05) is 35.2 Å². The van der Waals surface area contributed by atoms with Crippen LogP contribution in [-0.2, 0) is 13.0 Å². The van der Waals surface area contributed by atoms with Gasteiger partial charge in [0.25, 0.3) is 0 Å². The van der Waals surface area contributed by atoms with Crippen LogP contribution in [0.5, 0.6) is 0 Å². The highest BCUT2D eigenvalue weighted by atomic mass is 16.4. The summed E-state index contributed by atoms with van der Waals surface area (Å²) < 4.78 is 1.55. The number of aromatic carboxylic acids is 1. The summed E-state index contributed by atoms with van der Waals surface area (Å²) in [6, 6.07) is 10.0. The fraction of sp³-hybridized carbons (Fsp3) is 0.444. The zero-order valence-electron chi connectivity index (χ0n) is 14.5. The minimum Gasteiger partial charge on any atom is -0.476 e. The minimum absolute atomic E-state index is 0.0459. The van der Waals surface area contributed by atoms with Gasteiger partial charge in [0.1, 0.15) is 0 Å². The molecule has 1 aliphatic heterocycles. The maximum atomic E-state index is 12.4. The van der Waals surface area contributed by atoms with Gasteiger partial charge in [0.2, 0.25) is 0 Å². The number of carboxylic acid groups (broad SMARTS) is 1. The Bertz CT molecular complexity index is 746. The van der Waals surface area contributed by atoms with E-state index < -0.39 is 5.97 Å². The van der Waals surface area contributed by atoms with Crippen molar-refractivity contribution in [1.29, 1.82) is 0 Å². The van der Waals surface area contributed by atoms with Crippen LogP contribution < -0.4 is 5.32 Å². The highest BCUT2D eigenvalue weighted by Crippen LogP contribution is 2.18. The van der Waals surface area contributed by atoms with Crippen LogP contribution in [0.4, 0.5) is 4.79 Å². The van der Waals surface area contributed by atoms with Crippen molar-refractivity contribution in [2.24, 2.45) is 5.92 Å². The summed E-state index contributed by atoms with van der Waals surface area (Å²) in [6.45, 7) is 2.55. The largest absolute Gasteiger partial charge is 0.476 e. The zero-order chi connectivity index (χ0) is 18.4. The first-order chi connectivity index (χ1) is 12.6. The number of hydrogen-bond donors (Lipinski definition) is 2. The molecule has 138 valence electrons. The van der Waals surface area contributed by atoms with Gasteiger partial charge in [-0.1, -0.05) is 35.5 Å². The molecule has 1 aromatic heterocycles. The molecule has 0 spiro atoms. The molecular weight excluding hydrogens is 334 g/mol. The van der Waals surface area contributed by atoms with E-state index in [2.05, 4.69) is 15.6 Å². The van der Waals surface area contributed by atoms with Crippen LogP contribution >= 0.6 is 0 Å². The number of carbonyl (C=O) groups excluding carboxylic acids is 1. The average Bonchev–Trinajstić information content (AvgIpc) is 3.11. The second kappa shape index (κ2) is 8.46. The van der Waals surface area contributed by atoms with E-state index in [1.165, 1.54) is 11.8 Å². The Kier molecular flexibility index (Phi) is 5.83. The normalized spacial score (nSPS) is 17.1. The quantitative estimate of drug-likeness (QED) is 0.819. The maximum absolute atomic E-state index is 12.4. The number of carboxylic acids is 1. The number of hydrogen-bond acceptors (Lipinski definition) is 4. The molecule has 1 atom stereocenters. The van der Waals surface area contributed by atoms with E-state index in [-0.39, 0.29) is 17.6 Å². The molecule has 0 bridgehead atoms. The molecule has 2 amide bonds. The zero-order valence-corrected chi connectivity index (χ0v) is 14.5. The lowest BCUT2D eigenvalue weighted by Gasteiger charge is -2.32. The second-order valence-corrected chi connectivity index (χ2v) is 6.55. The van der Waals surface area contributed by atoms with Gasteiger partial charge >= 0.3 is 12.0 Å². The maximum Gasteiger partial charge on any atom is 0.358 e. The molecule has 1 aliphatic rings. The Hall–Kier alpha value is -2.90. The number of aromatic nitrogens is 3. The first-order valence-corrected chi connectivity index (χ1v) is 8.82. The lowest BCUT2D eigenvalue weighted by molar-refractivity contribution is 0.0690. The van der Waals surface area contributed by atoms with Gasteiger partial charge in [-0.2, -0.15) is 0 Å². The summed E-state index contributed by atoms with van der Waals surface area (Å²) in [4.78, 5) is 25.1. The summed E-state index contributed by atoms with van der Waals surface area (Å²) >= 11 is 0. The number of piperidine rings is 1. The van der Waals surface area contributed by atoms with Crippen molar-refractivity contribution in [1.82, 2.24) is 25.2 Å². The second-order valence-electron chi connectivity index (χ2n) is 6.55. The molecule has 0 aliphatic carbocycles. The lowest BCUT2D eigenvalue weighted by Crippen LogP contribution is -2.46. The predicted octanol–water partition coefficient (Wildman–Crippen LogP) is 1.64. The number of likely N-dealkylation sites (tertiary alicyclic amines) is 1. The van der Waals surface area contributed by atoms with Gasteiger partial charge < -0.3 is 15.3 Å². The Balaban J connectivity index is 1.46. The van der Waals surface area contributed by atoms with E-state index in [4.69, 9.17) is 5.11 Å². The number of urea groups is 1. The van der Waals surface area contributed by atoms with Crippen LogP contribution in [0.3, 0.4) is 0 Å². The van der Waals surface area contributed by atoms with Gasteiger partial charge in [-0.05, 0) is 30.7 Å². The number of nitrogens with one attached hydrogen (secondary N) is 1. The highest BCUT2D eigenvalue weighted by Gasteiger charge is 2.24. The van der Waals surface area contributed by atoms with Crippen LogP contribution in [0.2, 0.25) is 0 Å². The summed E-state index contributed by atoms with van der Waals surface area (Å²) in [5.41, 5.74) is 1.14. The lowest BCUT2D eigenvalue weighted by atomic mass is 9.98. The van der Waals surface area contributed by atoms with Crippen LogP contribution in [0.1, 0.15) is 28.9 Å². The molecule has 1 saturated heterocycles. The van der Waals surface area contributed by atoms with Crippen LogP contribution in [0.25, 0.3) is 0 Å². The van der Waals surface area contributed by atoms with E-state index in [0.29, 0.717) is 19.6 Å². The molecule has 26 heavy (non-hydrogen) atoms. The van der Waals surface area contributed by atoms with Gasteiger partial charge in [-0.3, -0.25) is 4.68 Å². The summed E-state index contributed by atoms with van der Waals surface area (Å²) in [5, 5.41) is 19.4. The van der Waals surface area contributed by atoms with E-state index in [1.54, 1.807) is 4.68 Å². The molecule has 0 saturated carbocycles. The first kappa shape index (κ1) is 17.9. The molecule has 3 rings (SSSR count). The van der Waals surface area contributed by atoms with Crippen molar-refractivity contribution in [2.45, 2.75) is 25.8 Å². The molecule has 2 aromatic rings.